The van der Waals surface area contributed by atoms with Gasteiger partial charge in [-0.15, -0.1) is 11.3 Å². The summed E-state index contributed by atoms with van der Waals surface area (Å²) < 4.78 is 5.18. The molecule has 1 aliphatic rings. The Morgan fingerprint density at radius 1 is 0.424 bits per heavy atom. The quantitative estimate of drug-likeness (QED) is 0.117. The van der Waals surface area contributed by atoms with E-state index in [-0.39, 0.29) is 0 Å². The van der Waals surface area contributed by atoms with Gasteiger partial charge in [-0.1, -0.05) is 188 Å². The zero-order valence-corrected chi connectivity index (χ0v) is 34.0. The molecule has 0 bridgehead atoms. The molecule has 0 atom stereocenters. The van der Waals surface area contributed by atoms with Crippen molar-refractivity contribution in [2.75, 3.05) is 0 Å². The fourth-order valence-corrected chi connectivity index (χ4v) is 16.2. The third kappa shape index (κ3) is 5.09. The predicted octanol–water partition coefficient (Wildman–Crippen LogP) is 12.1. The third-order valence-electron chi connectivity index (χ3n) is 12.5. The van der Waals surface area contributed by atoms with Crippen LogP contribution in [0.15, 0.2) is 218 Å². The van der Waals surface area contributed by atoms with Crippen LogP contribution in [0, 0.1) is 0 Å². The summed E-state index contributed by atoms with van der Waals surface area (Å²) in [6, 6.07) is 81.7. The number of rotatable bonds is 6. The molecule has 276 valence electrons. The minimum Gasteiger partial charge on any atom is -0.309 e. The Kier molecular flexibility index (Phi) is 7.80. The van der Waals surface area contributed by atoms with Gasteiger partial charge in [-0.2, -0.15) is 0 Å². The predicted molar refractivity (Wildman–Crippen MR) is 256 cm³/mol. The Balaban J connectivity index is 1.20. The van der Waals surface area contributed by atoms with Gasteiger partial charge in [0, 0.05) is 36.6 Å². The van der Waals surface area contributed by atoms with Gasteiger partial charge in [-0.25, -0.2) is 0 Å². The van der Waals surface area contributed by atoms with Gasteiger partial charge in [0.2, 0.25) is 0 Å². The zero-order chi connectivity index (χ0) is 38.9. The van der Waals surface area contributed by atoms with Crippen LogP contribution < -0.4 is 20.7 Å². The van der Waals surface area contributed by atoms with E-state index in [1.165, 1.54) is 102 Å². The lowest BCUT2D eigenvalue weighted by molar-refractivity contribution is 1.19. The summed E-state index contributed by atoms with van der Waals surface area (Å²) in [5.74, 6) is 0. The Hall–Kier alpha value is -7.04. The molecule has 0 saturated carbocycles. The van der Waals surface area contributed by atoms with Crippen molar-refractivity contribution in [1.29, 1.82) is 0 Å². The van der Waals surface area contributed by atoms with Gasteiger partial charge in [0.05, 0.1) is 11.0 Å². The summed E-state index contributed by atoms with van der Waals surface area (Å²) >= 11 is 1.88. The van der Waals surface area contributed by atoms with E-state index in [1.54, 1.807) is 0 Å². The molecule has 11 aromatic rings. The van der Waals surface area contributed by atoms with Crippen molar-refractivity contribution in [3.05, 3.63) is 235 Å². The maximum absolute atomic E-state index is 3.05. The van der Waals surface area contributed by atoms with Crippen molar-refractivity contribution in [2.45, 2.75) is 0 Å². The van der Waals surface area contributed by atoms with Gasteiger partial charge in [0.15, 0.2) is 8.07 Å². The number of para-hydroxylation sites is 1. The average Bonchev–Trinajstić information content (AvgIpc) is 3.96. The zero-order valence-electron chi connectivity index (χ0n) is 32.2. The number of aromatic nitrogens is 1. The van der Waals surface area contributed by atoms with E-state index < -0.39 is 8.07 Å². The molecule has 2 heterocycles. The molecule has 2 aromatic heterocycles. The van der Waals surface area contributed by atoms with E-state index in [9.17, 15) is 0 Å². The van der Waals surface area contributed by atoms with Gasteiger partial charge in [0.25, 0.3) is 0 Å². The van der Waals surface area contributed by atoms with Crippen molar-refractivity contribution in [2.24, 2.45) is 0 Å². The topological polar surface area (TPSA) is 4.93 Å². The summed E-state index contributed by atoms with van der Waals surface area (Å²) in [5, 5.41) is 10.7. The molecule has 0 saturated heterocycles. The second-order valence-electron chi connectivity index (χ2n) is 15.6. The van der Waals surface area contributed by atoms with Crippen LogP contribution in [0.2, 0.25) is 0 Å². The number of nitrogens with zero attached hydrogens (tertiary/aromatic N) is 1. The molecule has 3 heteroatoms. The Labute approximate surface area is 348 Å². The van der Waals surface area contributed by atoms with Gasteiger partial charge in [-0.05, 0) is 90.5 Å². The first kappa shape index (κ1) is 34.0. The second-order valence-corrected chi connectivity index (χ2v) is 20.4. The minimum absolute atomic E-state index is 1.18. The molecule has 9 aromatic carbocycles. The Bertz CT molecular complexity index is 3390. The number of thiophene rings is 1. The van der Waals surface area contributed by atoms with Gasteiger partial charge < -0.3 is 4.57 Å². The van der Waals surface area contributed by atoms with Crippen molar-refractivity contribution in [3.63, 3.8) is 0 Å². The molecular formula is C56H37NSSi. The first-order valence-electron chi connectivity index (χ1n) is 20.3. The van der Waals surface area contributed by atoms with Crippen LogP contribution in [0.1, 0.15) is 16.7 Å². The monoisotopic (exact) mass is 783 g/mol. The van der Waals surface area contributed by atoms with E-state index in [1.807, 2.05) is 11.3 Å². The highest BCUT2D eigenvalue weighted by Crippen LogP contribution is 2.46. The van der Waals surface area contributed by atoms with Crippen LogP contribution in [-0.4, -0.2) is 12.6 Å². The van der Waals surface area contributed by atoms with Gasteiger partial charge in [-0.3, -0.25) is 0 Å². The summed E-state index contributed by atoms with van der Waals surface area (Å²) in [7, 11) is -3.05. The molecule has 0 aliphatic heterocycles. The molecular weight excluding hydrogens is 747 g/mol. The summed E-state index contributed by atoms with van der Waals surface area (Å²) in [6.45, 7) is 0. The van der Waals surface area contributed by atoms with E-state index in [2.05, 4.69) is 229 Å². The molecule has 1 nitrogen and oxygen atoms in total. The normalized spacial score (nSPS) is 13.1. The van der Waals surface area contributed by atoms with Crippen molar-refractivity contribution < 1.29 is 0 Å². The van der Waals surface area contributed by atoms with Crippen molar-refractivity contribution >= 4 is 93.8 Å². The maximum atomic E-state index is 2.55. The number of benzene rings is 9. The van der Waals surface area contributed by atoms with E-state index in [0.29, 0.717) is 0 Å². The lowest BCUT2D eigenvalue weighted by Gasteiger charge is -2.36. The summed E-state index contributed by atoms with van der Waals surface area (Å²) in [4.78, 5) is 0. The maximum Gasteiger partial charge on any atom is 0.180 e. The molecule has 0 N–H and O–H groups in total. The average molecular weight is 784 g/mol. The van der Waals surface area contributed by atoms with Crippen LogP contribution in [0.3, 0.4) is 0 Å². The van der Waals surface area contributed by atoms with Crippen molar-refractivity contribution in [1.82, 2.24) is 4.57 Å². The van der Waals surface area contributed by atoms with Gasteiger partial charge in [0.1, 0.15) is 0 Å². The number of hydrogen-bond acceptors (Lipinski definition) is 1. The largest absolute Gasteiger partial charge is 0.309 e. The molecule has 0 spiro atoms. The molecule has 0 amide bonds. The molecule has 59 heavy (non-hydrogen) atoms. The molecule has 0 unspecified atom stereocenters. The third-order valence-corrected chi connectivity index (χ3v) is 18.4. The van der Waals surface area contributed by atoms with Crippen LogP contribution in [0.25, 0.3) is 70.4 Å². The smallest absolute Gasteiger partial charge is 0.180 e. The fourth-order valence-electron chi connectivity index (χ4n) is 10.1. The van der Waals surface area contributed by atoms with E-state index in [4.69, 9.17) is 0 Å². The fraction of sp³-hybridized carbons (Fsp3) is 0. The molecule has 0 radical (unpaired) electrons. The Morgan fingerprint density at radius 2 is 1.03 bits per heavy atom. The SMILES string of the molecule is C(=C1c2ccccc2-c2c1cccc2[Si](c1ccccc1)(c1ccccc1)c1cccc(-n2c3ccccc3c3ccc4sc5ccccc5c4c32)c1)c1ccccc1. The first-order chi connectivity index (χ1) is 29.3. The molecule has 1 aliphatic carbocycles. The Morgan fingerprint density at radius 3 is 1.81 bits per heavy atom. The second kappa shape index (κ2) is 13.5. The highest BCUT2D eigenvalue weighted by Gasteiger charge is 2.45. The summed E-state index contributed by atoms with van der Waals surface area (Å²) in [6.07, 6.45) is 2.38. The standard InChI is InChI=1S/C56H37NSSi/c1-4-18-38(19-5-1)36-49-43-26-10-11-28-45(43)54-46(49)30-17-33-53(54)59(40-21-6-2-7-22-40,41-23-8-3-9-24-41)42-25-16-20-39(37-42)57-50-31-14-12-27-44(50)47-34-35-52-55(56(47)57)48-29-13-15-32-51(48)58-52/h1-37H. The van der Waals surface area contributed by atoms with E-state index in [0.717, 1.165) is 0 Å². The summed E-state index contributed by atoms with van der Waals surface area (Å²) in [5.41, 5.74) is 11.4. The van der Waals surface area contributed by atoms with Crippen molar-refractivity contribution in [3.8, 4) is 16.8 Å². The highest BCUT2D eigenvalue weighted by atomic mass is 32.1. The van der Waals surface area contributed by atoms with Crippen LogP contribution >= 0.6 is 11.3 Å². The first-order valence-corrected chi connectivity index (χ1v) is 23.2. The van der Waals surface area contributed by atoms with Crippen LogP contribution in [0.5, 0.6) is 0 Å². The lowest BCUT2D eigenvalue weighted by Crippen LogP contribution is -2.75. The molecule has 0 fully saturated rings. The number of fused-ring (bicyclic) bond motifs is 10. The van der Waals surface area contributed by atoms with Crippen LogP contribution in [-0.2, 0) is 0 Å². The highest BCUT2D eigenvalue weighted by molar-refractivity contribution is 7.26. The van der Waals surface area contributed by atoms with Crippen LogP contribution in [0.4, 0.5) is 0 Å². The minimum atomic E-state index is -3.05. The van der Waals surface area contributed by atoms with E-state index >= 15 is 0 Å². The van der Waals surface area contributed by atoms with Gasteiger partial charge >= 0.3 is 0 Å². The number of hydrogen-bond donors (Lipinski definition) is 0. The lowest BCUT2D eigenvalue weighted by atomic mass is 10.0. The molecule has 12 rings (SSSR count).